The standard InChI is InChI=1S/C18H31N7O3/c1-5-15-19-17(21-18(20-15)24(3)4)23-22-16(27)14(10-25(28)11-26)9-13-8-6-7-12(13)2/h11-14,28H,5-10H2,1-4H3,(H,22,27)(H,19,20,21,23)/t12?,13?,14-/m1/s1. The van der Waals surface area contributed by atoms with Crippen molar-refractivity contribution in [1.29, 1.82) is 0 Å². The molecule has 0 radical (unpaired) electrons. The summed E-state index contributed by atoms with van der Waals surface area (Å²) >= 11 is 0. The molecule has 2 rings (SSSR count). The number of hydrogen-bond acceptors (Lipinski definition) is 8. The minimum absolute atomic E-state index is 0.0550. The molecule has 1 saturated carbocycles. The highest BCUT2D eigenvalue weighted by molar-refractivity contribution is 5.80. The van der Waals surface area contributed by atoms with Gasteiger partial charge < -0.3 is 4.90 Å². The number of hydroxylamine groups is 2. The summed E-state index contributed by atoms with van der Waals surface area (Å²) in [5.74, 6) is 1.42. The summed E-state index contributed by atoms with van der Waals surface area (Å²) in [6, 6.07) is 0. The van der Waals surface area contributed by atoms with Crippen LogP contribution in [0.4, 0.5) is 11.9 Å². The van der Waals surface area contributed by atoms with Gasteiger partial charge in [0.05, 0.1) is 12.5 Å². The number of rotatable bonds is 10. The number of nitrogens with zero attached hydrogens (tertiary/aromatic N) is 5. The number of hydrogen-bond donors (Lipinski definition) is 3. The second kappa shape index (κ2) is 10.2. The summed E-state index contributed by atoms with van der Waals surface area (Å²) in [5.41, 5.74) is 5.37. The lowest BCUT2D eigenvalue weighted by atomic mass is 9.87. The average molecular weight is 393 g/mol. The molecule has 28 heavy (non-hydrogen) atoms. The molecule has 1 heterocycles. The Bertz CT molecular complexity index is 671. The molecule has 0 saturated heterocycles. The van der Waals surface area contributed by atoms with E-state index in [1.807, 2.05) is 21.0 Å². The third-order valence-electron chi connectivity index (χ3n) is 5.21. The van der Waals surface area contributed by atoms with E-state index in [0.29, 0.717) is 47.9 Å². The zero-order valence-corrected chi connectivity index (χ0v) is 17.1. The number of aryl methyl sites for hydroxylation is 1. The van der Waals surface area contributed by atoms with Crippen molar-refractivity contribution in [2.75, 3.05) is 31.0 Å². The molecule has 1 aromatic heterocycles. The van der Waals surface area contributed by atoms with Crippen molar-refractivity contribution in [3.05, 3.63) is 5.82 Å². The van der Waals surface area contributed by atoms with E-state index in [1.165, 1.54) is 0 Å². The molecule has 2 amide bonds. The van der Waals surface area contributed by atoms with E-state index in [2.05, 4.69) is 32.7 Å². The Morgan fingerprint density at radius 2 is 2.07 bits per heavy atom. The van der Waals surface area contributed by atoms with Crippen molar-refractivity contribution in [1.82, 2.24) is 25.4 Å². The Labute approximate surface area is 165 Å². The van der Waals surface area contributed by atoms with Gasteiger partial charge in [0.25, 0.3) is 0 Å². The molecule has 3 atom stereocenters. The van der Waals surface area contributed by atoms with Crippen LogP contribution in [0.25, 0.3) is 0 Å². The van der Waals surface area contributed by atoms with E-state index >= 15 is 0 Å². The fraction of sp³-hybridized carbons (Fsp3) is 0.722. The van der Waals surface area contributed by atoms with Crippen LogP contribution in [0.15, 0.2) is 0 Å². The second-order valence-corrected chi connectivity index (χ2v) is 7.57. The van der Waals surface area contributed by atoms with Gasteiger partial charge in [-0.3, -0.25) is 25.6 Å². The summed E-state index contributed by atoms with van der Waals surface area (Å²) < 4.78 is 0. The molecule has 0 bridgehead atoms. The molecule has 1 aliphatic carbocycles. The Kier molecular flexibility index (Phi) is 7.91. The van der Waals surface area contributed by atoms with Crippen LogP contribution in [0.2, 0.25) is 0 Å². The first-order valence-electron chi connectivity index (χ1n) is 9.73. The first-order chi connectivity index (χ1) is 13.3. The van der Waals surface area contributed by atoms with Crippen molar-refractivity contribution < 1.29 is 14.8 Å². The van der Waals surface area contributed by atoms with Gasteiger partial charge in [0, 0.05) is 20.5 Å². The topological polar surface area (TPSA) is 124 Å². The van der Waals surface area contributed by atoms with E-state index in [0.717, 1.165) is 19.3 Å². The highest BCUT2D eigenvalue weighted by Gasteiger charge is 2.30. The van der Waals surface area contributed by atoms with E-state index < -0.39 is 5.92 Å². The van der Waals surface area contributed by atoms with Gasteiger partial charge in [0.2, 0.25) is 24.2 Å². The maximum Gasteiger partial charge on any atom is 0.246 e. The normalized spacial score (nSPS) is 19.8. The Morgan fingerprint density at radius 1 is 1.32 bits per heavy atom. The van der Waals surface area contributed by atoms with E-state index in [4.69, 9.17) is 0 Å². The summed E-state index contributed by atoms with van der Waals surface area (Å²) in [4.78, 5) is 38.1. The first-order valence-corrected chi connectivity index (χ1v) is 9.73. The molecule has 156 valence electrons. The number of aromatic nitrogens is 3. The van der Waals surface area contributed by atoms with Crippen molar-refractivity contribution in [2.45, 2.75) is 46.0 Å². The summed E-state index contributed by atoms with van der Waals surface area (Å²) in [6.45, 7) is 4.06. The van der Waals surface area contributed by atoms with Crippen LogP contribution < -0.4 is 15.8 Å². The maximum atomic E-state index is 12.7. The van der Waals surface area contributed by atoms with Crippen LogP contribution in [0.5, 0.6) is 0 Å². The predicted octanol–water partition coefficient (Wildman–Crippen LogP) is 1.23. The van der Waals surface area contributed by atoms with Crippen LogP contribution in [0.1, 0.15) is 45.4 Å². The molecule has 1 aliphatic rings. The van der Waals surface area contributed by atoms with Gasteiger partial charge in [-0.25, -0.2) is 5.06 Å². The molecule has 0 aromatic carbocycles. The Morgan fingerprint density at radius 3 is 2.64 bits per heavy atom. The molecular weight excluding hydrogens is 362 g/mol. The largest absolute Gasteiger partial charge is 0.347 e. The molecule has 2 unspecified atom stereocenters. The predicted molar refractivity (Wildman–Crippen MR) is 104 cm³/mol. The van der Waals surface area contributed by atoms with Crippen molar-refractivity contribution >= 4 is 24.2 Å². The number of anilines is 2. The third kappa shape index (κ3) is 6.01. The number of hydrazine groups is 1. The minimum atomic E-state index is -0.533. The van der Waals surface area contributed by atoms with Crippen molar-refractivity contribution in [3.8, 4) is 0 Å². The highest BCUT2D eigenvalue weighted by Crippen LogP contribution is 2.35. The SMILES string of the molecule is CCc1nc(NNC(=O)[C@H](CC2CCCC2C)CN(O)C=O)nc(N(C)C)n1. The maximum absolute atomic E-state index is 12.7. The van der Waals surface area contributed by atoms with Crippen molar-refractivity contribution in [3.63, 3.8) is 0 Å². The zero-order chi connectivity index (χ0) is 20.7. The van der Waals surface area contributed by atoms with Crippen LogP contribution in [-0.2, 0) is 16.0 Å². The lowest BCUT2D eigenvalue weighted by Gasteiger charge is -2.24. The second-order valence-electron chi connectivity index (χ2n) is 7.57. The molecule has 1 fully saturated rings. The number of nitrogens with one attached hydrogen (secondary N) is 2. The minimum Gasteiger partial charge on any atom is -0.347 e. The smallest absolute Gasteiger partial charge is 0.246 e. The lowest BCUT2D eigenvalue weighted by Crippen LogP contribution is -2.41. The van der Waals surface area contributed by atoms with Crippen LogP contribution >= 0.6 is 0 Å². The monoisotopic (exact) mass is 393 g/mol. The molecule has 1 aromatic rings. The lowest BCUT2D eigenvalue weighted by molar-refractivity contribution is -0.155. The van der Waals surface area contributed by atoms with Crippen LogP contribution in [0.3, 0.4) is 0 Å². The third-order valence-corrected chi connectivity index (χ3v) is 5.21. The number of carbonyl (C=O) groups excluding carboxylic acids is 2. The van der Waals surface area contributed by atoms with Gasteiger partial charge in [0.15, 0.2) is 0 Å². The Hall–Kier alpha value is -2.49. The highest BCUT2D eigenvalue weighted by atomic mass is 16.5. The summed E-state index contributed by atoms with van der Waals surface area (Å²) in [6.07, 6.45) is 4.91. The zero-order valence-electron chi connectivity index (χ0n) is 17.1. The molecule has 0 spiro atoms. The average Bonchev–Trinajstić information content (AvgIpc) is 3.09. The summed E-state index contributed by atoms with van der Waals surface area (Å²) in [7, 11) is 3.65. The first kappa shape index (κ1) is 21.8. The fourth-order valence-electron chi connectivity index (χ4n) is 3.51. The van der Waals surface area contributed by atoms with Gasteiger partial charge in [0.1, 0.15) is 5.82 Å². The van der Waals surface area contributed by atoms with Gasteiger partial charge in [-0.05, 0) is 18.3 Å². The van der Waals surface area contributed by atoms with Crippen LogP contribution in [-0.4, -0.2) is 58.2 Å². The van der Waals surface area contributed by atoms with E-state index in [-0.39, 0.29) is 18.4 Å². The van der Waals surface area contributed by atoms with Gasteiger partial charge in [-0.2, -0.15) is 15.0 Å². The molecular formula is C18H31N7O3. The number of carbonyl (C=O) groups is 2. The van der Waals surface area contributed by atoms with Crippen molar-refractivity contribution in [2.24, 2.45) is 17.8 Å². The van der Waals surface area contributed by atoms with Gasteiger partial charge in [-0.1, -0.05) is 33.1 Å². The van der Waals surface area contributed by atoms with Gasteiger partial charge in [-0.15, -0.1) is 0 Å². The summed E-state index contributed by atoms with van der Waals surface area (Å²) in [5, 5.41) is 10.1. The van der Waals surface area contributed by atoms with Crippen LogP contribution in [0, 0.1) is 17.8 Å². The molecule has 3 N–H and O–H groups in total. The van der Waals surface area contributed by atoms with E-state index in [1.54, 1.807) is 4.90 Å². The molecule has 10 heteroatoms. The fourth-order valence-corrected chi connectivity index (χ4v) is 3.51. The van der Waals surface area contributed by atoms with E-state index in [9.17, 15) is 14.8 Å². The van der Waals surface area contributed by atoms with Gasteiger partial charge >= 0.3 is 0 Å². The quantitative estimate of drug-likeness (QED) is 0.308. The number of amides is 2. The molecule has 10 nitrogen and oxygen atoms in total. The molecule has 0 aliphatic heterocycles. The Balaban J connectivity index is 2.05.